The largest absolute Gasteiger partial charge is 0.505 e. The molecular weight excluding hydrogens is 287 g/mol. The van der Waals surface area contributed by atoms with E-state index in [-0.39, 0.29) is 23.5 Å². The van der Waals surface area contributed by atoms with Crippen LogP contribution in [0.15, 0.2) is 12.1 Å². The van der Waals surface area contributed by atoms with Gasteiger partial charge in [-0.1, -0.05) is 0 Å². The van der Waals surface area contributed by atoms with Crippen molar-refractivity contribution < 1.29 is 19.0 Å². The minimum Gasteiger partial charge on any atom is -0.505 e. The molecule has 0 spiro atoms. The van der Waals surface area contributed by atoms with Crippen LogP contribution in [-0.4, -0.2) is 18.2 Å². The molecule has 0 aromatic heterocycles. The van der Waals surface area contributed by atoms with Crippen molar-refractivity contribution in [3.63, 3.8) is 0 Å². The number of methoxy groups -OCH3 is 1. The summed E-state index contributed by atoms with van der Waals surface area (Å²) in [6.45, 7) is 2.99. The van der Waals surface area contributed by atoms with Crippen LogP contribution in [0.2, 0.25) is 0 Å². The minimum absolute atomic E-state index is 0. The molecule has 0 unspecified atom stereocenters. The number of ether oxygens (including phenoxy) is 1. The van der Waals surface area contributed by atoms with Gasteiger partial charge in [0, 0.05) is 5.56 Å². The predicted octanol–water partition coefficient (Wildman–Crippen LogP) is 2.02. The SMILES string of the molecule is COC(=O)C(C)(C)[C@H](N)c1c(C#N)ccc(F)c1O.Cl. The number of nitriles is 1. The van der Waals surface area contributed by atoms with Crippen LogP contribution in [-0.2, 0) is 9.53 Å². The lowest BCUT2D eigenvalue weighted by atomic mass is 9.79. The topological polar surface area (TPSA) is 96.3 Å². The van der Waals surface area contributed by atoms with Gasteiger partial charge in [0.2, 0.25) is 0 Å². The zero-order chi connectivity index (χ0) is 14.8. The highest BCUT2D eigenvalue weighted by Crippen LogP contribution is 2.39. The fourth-order valence-electron chi connectivity index (χ4n) is 1.74. The van der Waals surface area contributed by atoms with E-state index in [0.29, 0.717) is 0 Å². The summed E-state index contributed by atoms with van der Waals surface area (Å²) in [4.78, 5) is 11.7. The van der Waals surface area contributed by atoms with E-state index in [0.717, 1.165) is 6.07 Å². The van der Waals surface area contributed by atoms with Gasteiger partial charge in [-0.25, -0.2) is 4.39 Å². The summed E-state index contributed by atoms with van der Waals surface area (Å²) in [5.41, 5.74) is 4.62. The lowest BCUT2D eigenvalue weighted by molar-refractivity contribution is -0.152. The maximum absolute atomic E-state index is 13.4. The summed E-state index contributed by atoms with van der Waals surface area (Å²) in [7, 11) is 1.20. The summed E-state index contributed by atoms with van der Waals surface area (Å²) in [6.07, 6.45) is 0. The molecule has 1 atom stereocenters. The van der Waals surface area contributed by atoms with Gasteiger partial charge in [-0.15, -0.1) is 12.4 Å². The van der Waals surface area contributed by atoms with Crippen molar-refractivity contribution in [2.75, 3.05) is 7.11 Å². The van der Waals surface area contributed by atoms with E-state index < -0.39 is 29.0 Å². The van der Waals surface area contributed by atoms with Gasteiger partial charge >= 0.3 is 5.97 Å². The molecule has 0 bridgehead atoms. The zero-order valence-electron chi connectivity index (χ0n) is 11.3. The molecule has 0 aliphatic heterocycles. The third kappa shape index (κ3) is 3.00. The Hall–Kier alpha value is -1.84. The highest BCUT2D eigenvalue weighted by Gasteiger charge is 2.39. The van der Waals surface area contributed by atoms with Gasteiger partial charge in [0.15, 0.2) is 11.6 Å². The van der Waals surface area contributed by atoms with E-state index in [9.17, 15) is 14.3 Å². The number of rotatable bonds is 3. The highest BCUT2D eigenvalue weighted by molar-refractivity contribution is 5.85. The van der Waals surface area contributed by atoms with Crippen molar-refractivity contribution in [3.8, 4) is 11.8 Å². The number of aromatic hydroxyl groups is 1. The fraction of sp³-hybridized carbons (Fsp3) is 0.385. The second kappa shape index (κ2) is 6.55. The number of phenols is 1. The summed E-state index contributed by atoms with van der Waals surface area (Å²) in [6, 6.07) is 2.91. The quantitative estimate of drug-likeness (QED) is 0.833. The number of carbonyl (C=O) groups excluding carboxylic acids is 1. The van der Waals surface area contributed by atoms with Crippen LogP contribution in [0.3, 0.4) is 0 Å². The van der Waals surface area contributed by atoms with Crippen LogP contribution in [0.5, 0.6) is 5.75 Å². The average molecular weight is 303 g/mol. The van der Waals surface area contributed by atoms with Crippen LogP contribution in [0.1, 0.15) is 31.0 Å². The molecule has 7 heteroatoms. The second-order valence-electron chi connectivity index (χ2n) is 4.66. The number of halogens is 2. The maximum Gasteiger partial charge on any atom is 0.313 e. The van der Waals surface area contributed by atoms with Gasteiger partial charge in [-0.3, -0.25) is 4.79 Å². The third-order valence-corrected chi connectivity index (χ3v) is 3.09. The van der Waals surface area contributed by atoms with Gasteiger partial charge in [0.1, 0.15) is 0 Å². The van der Waals surface area contributed by atoms with E-state index in [1.165, 1.54) is 27.0 Å². The number of esters is 1. The smallest absolute Gasteiger partial charge is 0.313 e. The molecule has 3 N–H and O–H groups in total. The molecule has 0 radical (unpaired) electrons. The lowest BCUT2D eigenvalue weighted by Gasteiger charge is -2.29. The standard InChI is InChI=1S/C13H15FN2O3.ClH/c1-13(2,12(18)19-3)11(16)9-7(6-15)4-5-8(14)10(9)17;/h4-5,11,17H,16H2,1-3H3;1H/t11-;/m1./s1. The van der Waals surface area contributed by atoms with Crippen LogP contribution >= 0.6 is 12.4 Å². The number of nitrogens with zero attached hydrogens (tertiary/aromatic N) is 1. The molecule has 0 fully saturated rings. The fourth-order valence-corrected chi connectivity index (χ4v) is 1.74. The van der Waals surface area contributed by atoms with Crippen LogP contribution in [0, 0.1) is 22.6 Å². The summed E-state index contributed by atoms with van der Waals surface area (Å²) >= 11 is 0. The van der Waals surface area contributed by atoms with E-state index in [4.69, 9.17) is 11.0 Å². The number of hydrogen-bond donors (Lipinski definition) is 2. The first-order valence-corrected chi connectivity index (χ1v) is 5.52. The van der Waals surface area contributed by atoms with E-state index in [2.05, 4.69) is 4.74 Å². The Labute approximate surface area is 122 Å². The highest BCUT2D eigenvalue weighted by atomic mass is 35.5. The van der Waals surface area contributed by atoms with Crippen molar-refractivity contribution >= 4 is 18.4 Å². The van der Waals surface area contributed by atoms with Crippen molar-refractivity contribution in [1.29, 1.82) is 5.26 Å². The van der Waals surface area contributed by atoms with Crippen molar-refractivity contribution in [3.05, 3.63) is 29.1 Å². The Morgan fingerprint density at radius 2 is 2.10 bits per heavy atom. The normalized spacial score (nSPS) is 12.0. The number of benzene rings is 1. The Morgan fingerprint density at radius 1 is 1.55 bits per heavy atom. The number of nitrogens with two attached hydrogens (primary N) is 1. The summed E-state index contributed by atoms with van der Waals surface area (Å²) in [5, 5.41) is 18.7. The van der Waals surface area contributed by atoms with Crippen LogP contribution in [0.4, 0.5) is 4.39 Å². The zero-order valence-corrected chi connectivity index (χ0v) is 12.1. The monoisotopic (exact) mass is 302 g/mol. The van der Waals surface area contributed by atoms with Crippen molar-refractivity contribution in [2.45, 2.75) is 19.9 Å². The molecule has 0 aliphatic carbocycles. The first-order chi connectivity index (χ1) is 8.77. The molecule has 0 aliphatic rings. The van der Waals surface area contributed by atoms with Gasteiger partial charge < -0.3 is 15.6 Å². The molecule has 110 valence electrons. The van der Waals surface area contributed by atoms with Crippen LogP contribution in [0.25, 0.3) is 0 Å². The van der Waals surface area contributed by atoms with E-state index in [1.807, 2.05) is 6.07 Å². The molecule has 20 heavy (non-hydrogen) atoms. The number of carbonyl (C=O) groups is 1. The molecule has 1 rings (SSSR count). The molecular formula is C13H16ClFN2O3. The van der Waals surface area contributed by atoms with Gasteiger partial charge in [-0.2, -0.15) is 5.26 Å². The van der Waals surface area contributed by atoms with E-state index >= 15 is 0 Å². The molecule has 0 heterocycles. The number of phenolic OH excluding ortho intramolecular Hbond substituents is 1. The van der Waals surface area contributed by atoms with Crippen molar-refractivity contribution in [1.82, 2.24) is 0 Å². The minimum atomic E-state index is -1.22. The molecule has 0 amide bonds. The predicted molar refractivity (Wildman–Crippen MR) is 72.8 cm³/mol. The molecule has 5 nitrogen and oxygen atoms in total. The van der Waals surface area contributed by atoms with Gasteiger partial charge in [-0.05, 0) is 26.0 Å². The Balaban J connectivity index is 0.00000361. The van der Waals surface area contributed by atoms with Gasteiger partial charge in [0.05, 0.1) is 30.2 Å². The van der Waals surface area contributed by atoms with Crippen LogP contribution < -0.4 is 5.73 Å². The maximum atomic E-state index is 13.4. The van der Waals surface area contributed by atoms with Crippen molar-refractivity contribution in [2.24, 2.45) is 11.1 Å². The number of hydrogen-bond acceptors (Lipinski definition) is 5. The summed E-state index contributed by atoms with van der Waals surface area (Å²) < 4.78 is 18.0. The lowest BCUT2D eigenvalue weighted by Crippen LogP contribution is -2.38. The second-order valence-corrected chi connectivity index (χ2v) is 4.66. The average Bonchev–Trinajstić information content (AvgIpc) is 2.39. The Morgan fingerprint density at radius 3 is 2.55 bits per heavy atom. The third-order valence-electron chi connectivity index (χ3n) is 3.09. The van der Waals surface area contributed by atoms with E-state index in [1.54, 1.807) is 0 Å². The molecule has 1 aromatic rings. The first kappa shape index (κ1) is 18.2. The molecule has 0 saturated heterocycles. The molecule has 1 aromatic carbocycles. The first-order valence-electron chi connectivity index (χ1n) is 5.52. The Bertz CT molecular complexity index is 555. The summed E-state index contributed by atoms with van der Waals surface area (Å²) in [5.74, 6) is -2.24. The molecule has 0 saturated carbocycles. The Kier molecular flexibility index (Phi) is 5.95. The van der Waals surface area contributed by atoms with Gasteiger partial charge in [0.25, 0.3) is 0 Å².